The summed E-state index contributed by atoms with van der Waals surface area (Å²) in [5, 5.41) is 1.99. The fourth-order valence-electron chi connectivity index (χ4n) is 5.40. The maximum Gasteiger partial charge on any atom is 0.421 e. The highest BCUT2D eigenvalue weighted by Crippen LogP contribution is 2.59. The van der Waals surface area contributed by atoms with E-state index in [1.165, 1.54) is 0 Å². The van der Waals surface area contributed by atoms with Crippen LogP contribution in [0.15, 0.2) is 78.9 Å². The second-order valence-corrected chi connectivity index (χ2v) is 11.5. The fourth-order valence-corrected chi connectivity index (χ4v) is 5.60. The number of benzene rings is 3. The zero-order valence-electron chi connectivity index (χ0n) is 23.0. The van der Waals surface area contributed by atoms with E-state index in [1.54, 1.807) is 82.1 Å². The van der Waals surface area contributed by atoms with Crippen molar-refractivity contribution in [3.05, 3.63) is 95.0 Å². The number of rotatable bonds is 4. The number of carbonyl (C=O) groups is 3. The van der Waals surface area contributed by atoms with Gasteiger partial charge in [-0.1, -0.05) is 60.1 Å². The SMILES string of the molecule is CC(C)OC(=O)[C@@H]1ON(c2ccccc2)[C@H](c2cccc(Cl)c2)[C@@]12C(=O)N(C(=O)OC(C)(C)C)c1ccccc12. The number of ether oxygens (including phenoxy) is 2. The van der Waals surface area contributed by atoms with Crippen LogP contribution in [-0.2, 0) is 29.3 Å². The molecule has 2 aliphatic rings. The van der Waals surface area contributed by atoms with Gasteiger partial charge in [-0.25, -0.2) is 19.6 Å². The first kappa shape index (κ1) is 27.7. The van der Waals surface area contributed by atoms with Crippen molar-refractivity contribution in [2.45, 2.75) is 63.9 Å². The lowest BCUT2D eigenvalue weighted by Crippen LogP contribution is -2.54. The molecule has 9 heteroatoms. The zero-order chi connectivity index (χ0) is 28.8. The Morgan fingerprint density at radius 3 is 2.30 bits per heavy atom. The topological polar surface area (TPSA) is 85.4 Å². The summed E-state index contributed by atoms with van der Waals surface area (Å²) in [6.45, 7) is 8.61. The maximum absolute atomic E-state index is 14.8. The number of hydrogen-bond donors (Lipinski definition) is 0. The molecule has 1 saturated heterocycles. The third-order valence-electron chi connectivity index (χ3n) is 6.76. The normalized spacial score (nSPS) is 22.1. The highest BCUT2D eigenvalue weighted by Gasteiger charge is 2.71. The minimum Gasteiger partial charge on any atom is -0.461 e. The van der Waals surface area contributed by atoms with E-state index in [1.807, 2.05) is 36.4 Å². The molecule has 0 saturated carbocycles. The van der Waals surface area contributed by atoms with E-state index in [2.05, 4.69) is 0 Å². The minimum absolute atomic E-state index is 0.314. The first-order valence-corrected chi connectivity index (χ1v) is 13.5. The van der Waals surface area contributed by atoms with E-state index in [9.17, 15) is 14.4 Å². The van der Waals surface area contributed by atoms with Gasteiger partial charge in [-0.05, 0) is 76.1 Å². The van der Waals surface area contributed by atoms with Gasteiger partial charge >= 0.3 is 12.1 Å². The third kappa shape index (κ3) is 4.61. The zero-order valence-corrected chi connectivity index (χ0v) is 23.7. The van der Waals surface area contributed by atoms with E-state index in [0.29, 0.717) is 27.5 Å². The van der Waals surface area contributed by atoms with Gasteiger partial charge in [0.25, 0.3) is 5.91 Å². The Bertz CT molecular complexity index is 1450. The van der Waals surface area contributed by atoms with Gasteiger partial charge in [0.15, 0.2) is 0 Å². The van der Waals surface area contributed by atoms with Crippen LogP contribution in [0.5, 0.6) is 0 Å². The van der Waals surface area contributed by atoms with E-state index >= 15 is 0 Å². The molecule has 2 heterocycles. The number of fused-ring (bicyclic) bond motifs is 2. The molecule has 5 rings (SSSR count). The highest BCUT2D eigenvalue weighted by molar-refractivity contribution is 6.30. The fraction of sp³-hybridized carbons (Fsp3) is 0.323. The Labute approximate surface area is 238 Å². The Kier molecular flexibility index (Phi) is 7.10. The van der Waals surface area contributed by atoms with Crippen LogP contribution in [-0.4, -0.2) is 35.8 Å². The van der Waals surface area contributed by atoms with E-state index in [-0.39, 0.29) is 0 Å². The van der Waals surface area contributed by atoms with Gasteiger partial charge in [0.05, 0.1) is 17.5 Å². The molecule has 2 aliphatic heterocycles. The number of hydrogen-bond acceptors (Lipinski definition) is 7. The van der Waals surface area contributed by atoms with Crippen LogP contribution in [0.2, 0.25) is 5.02 Å². The average molecular weight is 563 g/mol. The van der Waals surface area contributed by atoms with Crippen molar-refractivity contribution >= 4 is 40.9 Å². The van der Waals surface area contributed by atoms with Gasteiger partial charge < -0.3 is 9.47 Å². The van der Waals surface area contributed by atoms with Crippen LogP contribution < -0.4 is 9.96 Å². The number of carbonyl (C=O) groups excluding carboxylic acids is 3. The molecule has 3 atom stereocenters. The maximum atomic E-state index is 14.8. The standard InChI is InChI=1S/C31H31ClN2O6/c1-19(2)38-27(35)26-31(23-16-9-10-17-24(23)33(28(31)36)29(37)39-30(3,4)5)25(20-12-11-13-21(32)18-20)34(40-26)22-14-7-6-8-15-22/h6-19,25-26H,1-5H3/t25-,26+,31-/m1/s1. The number of halogens is 1. The number of nitrogens with zero attached hydrogens (tertiary/aromatic N) is 2. The van der Waals surface area contributed by atoms with Crippen molar-refractivity contribution in [1.29, 1.82) is 0 Å². The Morgan fingerprint density at radius 2 is 1.65 bits per heavy atom. The van der Waals surface area contributed by atoms with E-state index < -0.39 is 47.2 Å². The van der Waals surface area contributed by atoms with Crippen molar-refractivity contribution < 1.29 is 28.7 Å². The quantitative estimate of drug-likeness (QED) is 0.341. The predicted octanol–water partition coefficient (Wildman–Crippen LogP) is 6.37. The highest BCUT2D eigenvalue weighted by atomic mass is 35.5. The van der Waals surface area contributed by atoms with Crippen LogP contribution in [0, 0.1) is 0 Å². The molecule has 3 aromatic rings. The molecule has 208 valence electrons. The van der Waals surface area contributed by atoms with Crippen molar-refractivity contribution in [1.82, 2.24) is 0 Å². The third-order valence-corrected chi connectivity index (χ3v) is 7.00. The number of hydroxylamine groups is 1. The van der Waals surface area contributed by atoms with Gasteiger partial charge in [0, 0.05) is 5.02 Å². The number of amides is 2. The van der Waals surface area contributed by atoms with E-state index in [4.69, 9.17) is 25.9 Å². The number of anilines is 2. The van der Waals surface area contributed by atoms with Crippen molar-refractivity contribution in [2.75, 3.05) is 9.96 Å². The minimum atomic E-state index is -1.72. The molecule has 0 aromatic heterocycles. The molecule has 0 unspecified atom stereocenters. The van der Waals surface area contributed by atoms with Gasteiger partial charge in [0.2, 0.25) is 6.10 Å². The number of para-hydroxylation sites is 2. The first-order valence-electron chi connectivity index (χ1n) is 13.1. The van der Waals surface area contributed by atoms with Gasteiger partial charge in [-0.15, -0.1) is 0 Å². The molecular weight excluding hydrogens is 532 g/mol. The largest absolute Gasteiger partial charge is 0.461 e. The summed E-state index contributed by atoms with van der Waals surface area (Å²) < 4.78 is 11.3. The Balaban J connectivity index is 1.81. The number of esters is 1. The molecule has 0 N–H and O–H groups in total. The summed E-state index contributed by atoms with van der Waals surface area (Å²) in [5.41, 5.74) is -0.611. The number of imide groups is 1. The summed E-state index contributed by atoms with van der Waals surface area (Å²) in [6.07, 6.45) is -2.75. The average Bonchev–Trinajstić information content (AvgIpc) is 3.37. The molecular formula is C31H31ClN2O6. The summed E-state index contributed by atoms with van der Waals surface area (Å²) in [4.78, 5) is 49.7. The van der Waals surface area contributed by atoms with Crippen LogP contribution in [0.3, 0.4) is 0 Å². The second-order valence-electron chi connectivity index (χ2n) is 11.1. The molecule has 2 amide bonds. The smallest absolute Gasteiger partial charge is 0.421 e. The van der Waals surface area contributed by atoms with Crippen molar-refractivity contribution in [2.24, 2.45) is 0 Å². The van der Waals surface area contributed by atoms with Crippen molar-refractivity contribution in [3.8, 4) is 0 Å². The Hall–Kier alpha value is -3.88. The molecule has 40 heavy (non-hydrogen) atoms. The lowest BCUT2D eigenvalue weighted by molar-refractivity contribution is -0.163. The lowest BCUT2D eigenvalue weighted by atomic mass is 9.69. The van der Waals surface area contributed by atoms with Gasteiger partial charge in [-0.2, -0.15) is 0 Å². The van der Waals surface area contributed by atoms with Gasteiger partial charge in [0.1, 0.15) is 17.1 Å². The van der Waals surface area contributed by atoms with Crippen LogP contribution >= 0.6 is 11.6 Å². The van der Waals surface area contributed by atoms with Gasteiger partial charge in [-0.3, -0.25) is 9.63 Å². The molecule has 0 bridgehead atoms. The summed E-state index contributed by atoms with van der Waals surface area (Å²) >= 11 is 6.45. The van der Waals surface area contributed by atoms with Crippen LogP contribution in [0.1, 0.15) is 51.8 Å². The molecule has 1 fully saturated rings. The predicted molar refractivity (Wildman–Crippen MR) is 151 cm³/mol. The molecule has 0 aliphatic carbocycles. The lowest BCUT2D eigenvalue weighted by Gasteiger charge is -2.34. The molecule has 3 aromatic carbocycles. The summed E-state index contributed by atoms with van der Waals surface area (Å²) in [5.74, 6) is -1.38. The first-order chi connectivity index (χ1) is 18.9. The second kappa shape index (κ2) is 10.3. The van der Waals surface area contributed by atoms with Crippen molar-refractivity contribution in [3.63, 3.8) is 0 Å². The Morgan fingerprint density at radius 1 is 0.975 bits per heavy atom. The molecule has 1 spiro atoms. The summed E-state index contributed by atoms with van der Waals surface area (Å²) in [6, 6.07) is 22.2. The van der Waals surface area contributed by atoms with Crippen LogP contribution in [0.4, 0.5) is 16.2 Å². The molecule has 0 radical (unpaired) electrons. The van der Waals surface area contributed by atoms with Crippen LogP contribution in [0.25, 0.3) is 0 Å². The summed E-state index contributed by atoms with van der Waals surface area (Å²) in [7, 11) is 0. The van der Waals surface area contributed by atoms with E-state index in [0.717, 1.165) is 4.90 Å². The monoisotopic (exact) mass is 562 g/mol. The molecule has 8 nitrogen and oxygen atoms in total.